The van der Waals surface area contributed by atoms with Gasteiger partial charge in [-0.3, -0.25) is 0 Å². The van der Waals surface area contributed by atoms with E-state index in [1.807, 2.05) is 0 Å². The fourth-order valence-electron chi connectivity index (χ4n) is 0.619. The van der Waals surface area contributed by atoms with E-state index in [0.717, 1.165) is 0 Å². The first kappa shape index (κ1) is 3.85. The number of aliphatic hydroxyl groups is 1. The first-order valence-electron chi connectivity index (χ1n) is 1.98. The van der Waals surface area contributed by atoms with Gasteiger partial charge < -0.3 is 19.1 Å². The molecule has 38 valence electrons. The zero-order valence-corrected chi connectivity index (χ0v) is 3.46. The van der Waals surface area contributed by atoms with Gasteiger partial charge >= 0.3 is 7.32 Å². The molecule has 3 aliphatic rings. The van der Waals surface area contributed by atoms with Crippen molar-refractivity contribution in [2.45, 2.75) is 5.97 Å². The molecule has 1 N–H and O–H groups in total. The second-order valence-electron chi connectivity index (χ2n) is 1.55. The van der Waals surface area contributed by atoms with Crippen LogP contribution in [0.1, 0.15) is 0 Å². The number of fused-ring (bicyclic) bond motifs is 1. The Balaban J connectivity index is 2.20. The first-order valence-corrected chi connectivity index (χ1v) is 1.98. The van der Waals surface area contributed by atoms with Crippen LogP contribution in [0.15, 0.2) is 0 Å². The Morgan fingerprint density at radius 1 is 1.57 bits per heavy atom. The molecule has 0 atom stereocenters. The maximum absolute atomic E-state index is 8.69. The molecule has 3 fully saturated rings. The summed E-state index contributed by atoms with van der Waals surface area (Å²) >= 11 is 0. The van der Waals surface area contributed by atoms with Gasteiger partial charge in [0.05, 0.1) is 0 Å². The highest BCUT2D eigenvalue weighted by molar-refractivity contribution is 6.40. The fourth-order valence-corrected chi connectivity index (χ4v) is 0.619. The van der Waals surface area contributed by atoms with Crippen molar-refractivity contribution in [1.29, 1.82) is 0 Å². The van der Waals surface area contributed by atoms with Crippen LogP contribution in [-0.4, -0.2) is 25.0 Å². The minimum absolute atomic E-state index is 0.137. The normalized spacial score (nSPS) is 33.0. The lowest BCUT2D eigenvalue weighted by Gasteiger charge is -2.27. The SMILES string of the molecule is OC12COB(O1)O2. The quantitative estimate of drug-likeness (QED) is 0.386. The second kappa shape index (κ2) is 0.853. The van der Waals surface area contributed by atoms with E-state index >= 15 is 0 Å². The van der Waals surface area contributed by atoms with Gasteiger partial charge in [-0.1, -0.05) is 0 Å². The second-order valence-corrected chi connectivity index (χ2v) is 1.55. The third-order valence-corrected chi connectivity index (χ3v) is 0.963. The Bertz CT molecular complexity index is 92.4. The summed E-state index contributed by atoms with van der Waals surface area (Å²) in [5, 5.41) is 8.69. The number of hydrogen-bond donors (Lipinski definition) is 1. The highest BCUT2D eigenvalue weighted by Crippen LogP contribution is 2.31. The van der Waals surface area contributed by atoms with Crippen molar-refractivity contribution < 1.29 is 19.1 Å². The van der Waals surface area contributed by atoms with Gasteiger partial charge in [0.25, 0.3) is 5.97 Å². The summed E-state index contributed by atoms with van der Waals surface area (Å²) < 4.78 is 13.7. The Hall–Kier alpha value is -0.0951. The van der Waals surface area contributed by atoms with E-state index in [2.05, 4.69) is 14.0 Å². The molecule has 0 aromatic carbocycles. The summed E-state index contributed by atoms with van der Waals surface area (Å²) in [4.78, 5) is 0. The van der Waals surface area contributed by atoms with E-state index in [0.29, 0.717) is 0 Å². The fraction of sp³-hybridized carbons (Fsp3) is 1.00. The maximum atomic E-state index is 8.69. The molecule has 0 aromatic rings. The molecule has 3 aliphatic heterocycles. The average Bonchev–Trinajstić information content (AvgIpc) is 1.88. The van der Waals surface area contributed by atoms with Crippen LogP contribution >= 0.6 is 0 Å². The summed E-state index contributed by atoms with van der Waals surface area (Å²) in [5.41, 5.74) is 0. The third-order valence-electron chi connectivity index (χ3n) is 0.963. The van der Waals surface area contributed by atoms with Gasteiger partial charge in [-0.15, -0.1) is 0 Å². The maximum Gasteiger partial charge on any atom is 0.647 e. The number of hydrogen-bond acceptors (Lipinski definition) is 4. The Morgan fingerprint density at radius 3 is 2.43 bits per heavy atom. The van der Waals surface area contributed by atoms with E-state index in [9.17, 15) is 0 Å². The molecular weight excluding hydrogens is 98.8 g/mol. The summed E-state index contributed by atoms with van der Waals surface area (Å²) in [6.45, 7) is 0.137. The van der Waals surface area contributed by atoms with Gasteiger partial charge in [0.15, 0.2) is 0 Å². The van der Waals surface area contributed by atoms with E-state index in [1.165, 1.54) is 0 Å². The van der Waals surface area contributed by atoms with Gasteiger partial charge in [-0.05, 0) is 0 Å². The van der Waals surface area contributed by atoms with Crippen LogP contribution in [0.5, 0.6) is 0 Å². The van der Waals surface area contributed by atoms with E-state index in [4.69, 9.17) is 5.11 Å². The zero-order chi connectivity index (χ0) is 4.91. The molecule has 3 rings (SSSR count). The molecule has 3 heterocycles. The molecule has 3 saturated heterocycles. The van der Waals surface area contributed by atoms with Gasteiger partial charge in [-0.25, -0.2) is 0 Å². The van der Waals surface area contributed by atoms with Crippen molar-refractivity contribution in [2.75, 3.05) is 6.61 Å². The lowest BCUT2D eigenvalue weighted by molar-refractivity contribution is -0.320. The van der Waals surface area contributed by atoms with Crippen LogP contribution < -0.4 is 0 Å². The Labute approximate surface area is 40.2 Å². The van der Waals surface area contributed by atoms with Gasteiger partial charge in [0.2, 0.25) is 0 Å². The van der Waals surface area contributed by atoms with Gasteiger partial charge in [0.1, 0.15) is 6.61 Å². The van der Waals surface area contributed by atoms with Crippen LogP contribution in [0.4, 0.5) is 0 Å². The van der Waals surface area contributed by atoms with Crippen molar-refractivity contribution in [2.24, 2.45) is 0 Å². The van der Waals surface area contributed by atoms with Crippen LogP contribution in [-0.2, 0) is 14.0 Å². The summed E-state index contributed by atoms with van der Waals surface area (Å²) in [6.07, 6.45) is 0. The lowest BCUT2D eigenvalue weighted by Crippen LogP contribution is -2.49. The van der Waals surface area contributed by atoms with Crippen molar-refractivity contribution in [3.63, 3.8) is 0 Å². The summed E-state index contributed by atoms with van der Waals surface area (Å²) in [5.74, 6) is -1.38. The van der Waals surface area contributed by atoms with Crippen molar-refractivity contribution in [3.8, 4) is 0 Å². The lowest BCUT2D eigenvalue weighted by atomic mass is 10.2. The molecule has 0 aromatic heterocycles. The molecule has 7 heavy (non-hydrogen) atoms. The molecular formula is C2H3BO4. The highest BCUT2D eigenvalue weighted by Gasteiger charge is 2.59. The van der Waals surface area contributed by atoms with Crippen LogP contribution in [0.25, 0.3) is 0 Å². The van der Waals surface area contributed by atoms with E-state index in [-0.39, 0.29) is 6.61 Å². The van der Waals surface area contributed by atoms with Gasteiger partial charge in [-0.2, -0.15) is 0 Å². The Morgan fingerprint density at radius 2 is 2.29 bits per heavy atom. The minimum atomic E-state index is -1.38. The predicted octanol–water partition coefficient (Wildman–Crippen LogP) is -1.31. The zero-order valence-electron chi connectivity index (χ0n) is 3.46. The molecule has 0 spiro atoms. The highest BCUT2D eigenvalue weighted by atomic mass is 17.0. The molecule has 0 amide bonds. The topological polar surface area (TPSA) is 47.9 Å². The van der Waals surface area contributed by atoms with Crippen molar-refractivity contribution >= 4 is 7.32 Å². The van der Waals surface area contributed by atoms with Crippen molar-refractivity contribution in [3.05, 3.63) is 0 Å². The molecule has 0 saturated carbocycles. The Kier molecular flexibility index (Phi) is 0.470. The summed E-state index contributed by atoms with van der Waals surface area (Å²) in [7, 11) is -0.593. The monoisotopic (exact) mass is 102 g/mol. The molecule has 5 heteroatoms. The average molecular weight is 102 g/mol. The molecule has 0 aliphatic carbocycles. The van der Waals surface area contributed by atoms with Crippen LogP contribution in [0.3, 0.4) is 0 Å². The van der Waals surface area contributed by atoms with Crippen LogP contribution in [0.2, 0.25) is 0 Å². The summed E-state index contributed by atoms with van der Waals surface area (Å²) in [6, 6.07) is 0. The molecule has 4 nitrogen and oxygen atoms in total. The molecule has 0 radical (unpaired) electrons. The van der Waals surface area contributed by atoms with Crippen molar-refractivity contribution in [1.82, 2.24) is 0 Å². The van der Waals surface area contributed by atoms with E-state index in [1.54, 1.807) is 0 Å². The smallest absolute Gasteiger partial charge is 0.377 e. The molecule has 0 unspecified atom stereocenters. The van der Waals surface area contributed by atoms with E-state index < -0.39 is 13.3 Å². The largest absolute Gasteiger partial charge is 0.647 e. The minimum Gasteiger partial charge on any atom is -0.377 e. The predicted molar refractivity (Wildman–Crippen MR) is 18.8 cm³/mol. The van der Waals surface area contributed by atoms with Crippen LogP contribution in [0, 0.1) is 0 Å². The third kappa shape index (κ3) is 0.356. The van der Waals surface area contributed by atoms with Gasteiger partial charge in [0, 0.05) is 0 Å². The first-order chi connectivity index (χ1) is 3.29. The number of rotatable bonds is 0. The molecule has 2 bridgehead atoms. The standard InChI is InChI=1S/C2H3BO4/c4-2-1-5-3(6-2)7-2/h4H,1H2.